The number of hydrogen-bond acceptors (Lipinski definition) is 4. The predicted octanol–water partition coefficient (Wildman–Crippen LogP) is 1.23. The van der Waals surface area contributed by atoms with E-state index in [1.165, 1.54) is 0 Å². The second-order valence-electron chi connectivity index (χ2n) is 4.79. The Morgan fingerprint density at radius 2 is 2.28 bits per heavy atom. The van der Waals surface area contributed by atoms with Crippen molar-refractivity contribution < 1.29 is 4.79 Å². The van der Waals surface area contributed by atoms with Crippen LogP contribution in [0.15, 0.2) is 18.3 Å². The van der Waals surface area contributed by atoms with Crippen molar-refractivity contribution in [1.29, 1.82) is 0 Å². The molecule has 1 saturated heterocycles. The Labute approximate surface area is 108 Å². The predicted molar refractivity (Wildman–Crippen MR) is 72.8 cm³/mol. The van der Waals surface area contributed by atoms with Crippen molar-refractivity contribution in [3.63, 3.8) is 0 Å². The van der Waals surface area contributed by atoms with E-state index in [1.807, 2.05) is 31.1 Å². The zero-order valence-corrected chi connectivity index (χ0v) is 10.9. The van der Waals surface area contributed by atoms with Crippen molar-refractivity contribution in [2.45, 2.75) is 25.3 Å². The maximum Gasteiger partial charge on any atom is 0.241 e. The topological polar surface area (TPSA) is 57.3 Å². The number of anilines is 2. The van der Waals surface area contributed by atoms with E-state index in [9.17, 15) is 4.79 Å². The van der Waals surface area contributed by atoms with Gasteiger partial charge in [0.25, 0.3) is 0 Å². The lowest BCUT2D eigenvalue weighted by Gasteiger charge is -2.22. The van der Waals surface area contributed by atoms with Gasteiger partial charge in [-0.25, -0.2) is 4.98 Å². The Morgan fingerprint density at radius 3 is 2.83 bits per heavy atom. The molecule has 2 rings (SSSR count). The first-order chi connectivity index (χ1) is 8.66. The van der Waals surface area contributed by atoms with Gasteiger partial charge >= 0.3 is 0 Å². The standard InChI is InChI=1S/C13H20N4O/c1-17(2)12-7-6-10(9-15-12)16-13(18)11-5-3-4-8-14-11/h6-7,9,11,14H,3-5,8H2,1-2H3,(H,16,18)/t11-/m0/s1. The van der Waals surface area contributed by atoms with Gasteiger partial charge in [-0.1, -0.05) is 6.42 Å². The van der Waals surface area contributed by atoms with E-state index in [1.54, 1.807) is 6.20 Å². The van der Waals surface area contributed by atoms with Crippen LogP contribution in [0.4, 0.5) is 11.5 Å². The largest absolute Gasteiger partial charge is 0.363 e. The lowest BCUT2D eigenvalue weighted by atomic mass is 10.0. The Morgan fingerprint density at radius 1 is 1.44 bits per heavy atom. The quantitative estimate of drug-likeness (QED) is 0.844. The zero-order valence-electron chi connectivity index (χ0n) is 10.9. The van der Waals surface area contributed by atoms with Crippen LogP contribution in [0.3, 0.4) is 0 Å². The molecule has 1 aliphatic heterocycles. The molecule has 2 N–H and O–H groups in total. The Balaban J connectivity index is 1.94. The fourth-order valence-electron chi connectivity index (χ4n) is 2.03. The number of rotatable bonds is 3. The van der Waals surface area contributed by atoms with Gasteiger partial charge in [-0.3, -0.25) is 4.79 Å². The molecule has 0 radical (unpaired) electrons. The van der Waals surface area contributed by atoms with Crippen LogP contribution in [0.2, 0.25) is 0 Å². The highest BCUT2D eigenvalue weighted by molar-refractivity contribution is 5.94. The first-order valence-corrected chi connectivity index (χ1v) is 6.34. The second kappa shape index (κ2) is 5.82. The first kappa shape index (κ1) is 12.8. The van der Waals surface area contributed by atoms with Gasteiger partial charge in [0.05, 0.1) is 17.9 Å². The van der Waals surface area contributed by atoms with Crippen molar-refractivity contribution in [1.82, 2.24) is 10.3 Å². The van der Waals surface area contributed by atoms with E-state index in [0.717, 1.165) is 37.3 Å². The minimum Gasteiger partial charge on any atom is -0.363 e. The zero-order chi connectivity index (χ0) is 13.0. The molecule has 1 atom stereocenters. The summed E-state index contributed by atoms with van der Waals surface area (Å²) in [5, 5.41) is 6.12. The third kappa shape index (κ3) is 3.20. The molecule has 0 bridgehead atoms. The van der Waals surface area contributed by atoms with Crippen LogP contribution in [-0.4, -0.2) is 37.6 Å². The lowest BCUT2D eigenvalue weighted by molar-refractivity contribution is -0.118. The van der Waals surface area contributed by atoms with E-state index in [4.69, 9.17) is 0 Å². The molecule has 0 saturated carbocycles. The van der Waals surface area contributed by atoms with Gasteiger partial charge in [-0.2, -0.15) is 0 Å². The number of hydrogen-bond donors (Lipinski definition) is 2. The third-order valence-electron chi connectivity index (χ3n) is 3.10. The van der Waals surface area contributed by atoms with Gasteiger partial charge in [-0.05, 0) is 31.5 Å². The monoisotopic (exact) mass is 248 g/mol. The van der Waals surface area contributed by atoms with Crippen LogP contribution in [0, 0.1) is 0 Å². The number of nitrogens with one attached hydrogen (secondary N) is 2. The molecule has 0 aromatic carbocycles. The van der Waals surface area contributed by atoms with Gasteiger partial charge in [0.1, 0.15) is 5.82 Å². The van der Waals surface area contributed by atoms with Gasteiger partial charge in [-0.15, -0.1) is 0 Å². The summed E-state index contributed by atoms with van der Waals surface area (Å²) in [7, 11) is 3.87. The number of aromatic nitrogens is 1. The van der Waals surface area contributed by atoms with Gasteiger partial charge in [0.2, 0.25) is 5.91 Å². The van der Waals surface area contributed by atoms with E-state index >= 15 is 0 Å². The number of piperidine rings is 1. The van der Waals surface area contributed by atoms with Crippen LogP contribution in [0.25, 0.3) is 0 Å². The molecule has 0 unspecified atom stereocenters. The van der Waals surface area contributed by atoms with Crippen LogP contribution in [-0.2, 0) is 4.79 Å². The minimum absolute atomic E-state index is 0.0362. The van der Waals surface area contributed by atoms with E-state index < -0.39 is 0 Å². The van der Waals surface area contributed by atoms with Crippen molar-refractivity contribution >= 4 is 17.4 Å². The molecule has 5 nitrogen and oxygen atoms in total. The summed E-state index contributed by atoms with van der Waals surface area (Å²) >= 11 is 0. The summed E-state index contributed by atoms with van der Waals surface area (Å²) < 4.78 is 0. The molecule has 18 heavy (non-hydrogen) atoms. The van der Waals surface area contributed by atoms with Crippen LogP contribution in [0.1, 0.15) is 19.3 Å². The third-order valence-corrected chi connectivity index (χ3v) is 3.10. The average Bonchev–Trinajstić information content (AvgIpc) is 2.40. The number of nitrogens with zero attached hydrogens (tertiary/aromatic N) is 2. The summed E-state index contributed by atoms with van der Waals surface area (Å²) in [5.41, 5.74) is 0.748. The van der Waals surface area contributed by atoms with Crippen LogP contribution < -0.4 is 15.5 Å². The van der Waals surface area contributed by atoms with Crippen molar-refractivity contribution in [2.75, 3.05) is 30.9 Å². The fourth-order valence-corrected chi connectivity index (χ4v) is 2.03. The molecule has 0 aliphatic carbocycles. The van der Waals surface area contributed by atoms with Gasteiger partial charge < -0.3 is 15.5 Å². The molecule has 1 aromatic heterocycles. The Kier molecular flexibility index (Phi) is 4.15. The molecule has 5 heteroatoms. The highest BCUT2D eigenvalue weighted by Gasteiger charge is 2.20. The molecule has 1 aromatic rings. The summed E-state index contributed by atoms with van der Waals surface area (Å²) in [6, 6.07) is 3.71. The highest BCUT2D eigenvalue weighted by Crippen LogP contribution is 2.13. The maximum absolute atomic E-state index is 12.0. The second-order valence-corrected chi connectivity index (χ2v) is 4.79. The van der Waals surface area contributed by atoms with Crippen molar-refractivity contribution in [3.05, 3.63) is 18.3 Å². The van der Waals surface area contributed by atoms with E-state index in [-0.39, 0.29) is 11.9 Å². The molecule has 1 aliphatic rings. The van der Waals surface area contributed by atoms with Crippen LogP contribution in [0.5, 0.6) is 0 Å². The fraction of sp³-hybridized carbons (Fsp3) is 0.538. The molecular weight excluding hydrogens is 228 g/mol. The lowest BCUT2D eigenvalue weighted by Crippen LogP contribution is -2.43. The van der Waals surface area contributed by atoms with Gasteiger partial charge in [0, 0.05) is 14.1 Å². The molecule has 98 valence electrons. The smallest absolute Gasteiger partial charge is 0.241 e. The summed E-state index contributed by atoms with van der Waals surface area (Å²) in [5.74, 6) is 0.915. The molecular formula is C13H20N4O. The van der Waals surface area contributed by atoms with Crippen molar-refractivity contribution in [3.8, 4) is 0 Å². The Hall–Kier alpha value is -1.62. The number of carbonyl (C=O) groups excluding carboxylic acids is 1. The molecule has 2 heterocycles. The van der Waals surface area contributed by atoms with E-state index in [2.05, 4.69) is 15.6 Å². The molecule has 0 spiro atoms. The summed E-state index contributed by atoms with van der Waals surface area (Å²) in [6.45, 7) is 0.926. The first-order valence-electron chi connectivity index (χ1n) is 6.34. The molecule has 1 amide bonds. The summed E-state index contributed by atoms with van der Waals surface area (Å²) in [4.78, 5) is 18.2. The Bertz CT molecular complexity index is 396. The highest BCUT2D eigenvalue weighted by atomic mass is 16.2. The SMILES string of the molecule is CN(C)c1ccc(NC(=O)[C@@H]2CCCCN2)cn1. The van der Waals surface area contributed by atoms with Gasteiger partial charge in [0.15, 0.2) is 0 Å². The minimum atomic E-state index is -0.0627. The maximum atomic E-state index is 12.0. The average molecular weight is 248 g/mol. The normalized spacial score (nSPS) is 19.3. The molecule has 1 fully saturated rings. The van der Waals surface area contributed by atoms with Crippen LogP contribution >= 0.6 is 0 Å². The van der Waals surface area contributed by atoms with E-state index in [0.29, 0.717) is 0 Å². The number of pyridine rings is 1. The summed E-state index contributed by atoms with van der Waals surface area (Å²) in [6.07, 6.45) is 4.87. The number of carbonyl (C=O) groups is 1. The number of amides is 1. The van der Waals surface area contributed by atoms with Crippen molar-refractivity contribution in [2.24, 2.45) is 0 Å².